The molecule has 0 aromatic carbocycles. The predicted octanol–water partition coefficient (Wildman–Crippen LogP) is 5.51. The van der Waals surface area contributed by atoms with Gasteiger partial charge < -0.3 is 0 Å². The Bertz CT molecular complexity index is 443. The predicted molar refractivity (Wildman–Crippen MR) is 80.8 cm³/mol. The van der Waals surface area contributed by atoms with Crippen LogP contribution in [-0.2, 0) is 0 Å². The Morgan fingerprint density at radius 3 is 2.89 bits per heavy atom. The molecule has 0 heteroatoms. The van der Waals surface area contributed by atoms with Gasteiger partial charge in [0.15, 0.2) is 0 Å². The summed E-state index contributed by atoms with van der Waals surface area (Å²) in [5, 5.41) is 0. The quantitative estimate of drug-likeness (QED) is 0.502. The summed E-state index contributed by atoms with van der Waals surface area (Å²) in [6, 6.07) is 0. The summed E-state index contributed by atoms with van der Waals surface area (Å²) in [5.74, 6) is 2.95. The zero-order valence-corrected chi connectivity index (χ0v) is 12.6. The first-order valence-corrected chi connectivity index (χ1v) is 8.51. The van der Waals surface area contributed by atoms with Crippen molar-refractivity contribution < 1.29 is 0 Å². The molecule has 0 spiro atoms. The maximum absolute atomic E-state index is 2.65. The number of hydrogen-bond acceptors (Lipinski definition) is 0. The molecule has 0 aromatic rings. The zero-order valence-electron chi connectivity index (χ0n) is 12.6. The van der Waals surface area contributed by atoms with Crippen LogP contribution in [0.25, 0.3) is 0 Å². The van der Waals surface area contributed by atoms with Crippen LogP contribution in [0.5, 0.6) is 0 Å². The Kier molecular flexibility index (Phi) is 2.57. The molecular formula is C19H28. The molecule has 0 bridgehead atoms. The molecule has 0 saturated heterocycles. The molecule has 0 heterocycles. The molecule has 2 fully saturated rings. The van der Waals surface area contributed by atoms with E-state index >= 15 is 0 Å². The monoisotopic (exact) mass is 256 g/mol. The van der Waals surface area contributed by atoms with Crippen LogP contribution in [0.1, 0.15) is 65.2 Å². The lowest BCUT2D eigenvalue weighted by atomic mass is 9.49. The van der Waals surface area contributed by atoms with Crippen molar-refractivity contribution in [1.82, 2.24) is 0 Å². The van der Waals surface area contributed by atoms with E-state index in [9.17, 15) is 0 Å². The topological polar surface area (TPSA) is 0 Å². The van der Waals surface area contributed by atoms with Crippen LogP contribution in [0.3, 0.4) is 0 Å². The fraction of sp³-hybridized carbons (Fsp3) is 0.789. The lowest BCUT2D eigenvalue weighted by Crippen LogP contribution is -2.47. The summed E-state index contributed by atoms with van der Waals surface area (Å²) in [5.41, 5.74) is 2.89. The first-order valence-electron chi connectivity index (χ1n) is 8.51. The van der Waals surface area contributed by atoms with Crippen molar-refractivity contribution in [2.45, 2.75) is 65.2 Å². The fourth-order valence-corrected chi connectivity index (χ4v) is 6.26. The lowest BCUT2D eigenvalue weighted by molar-refractivity contribution is -0.00250. The molecule has 0 aliphatic heterocycles. The van der Waals surface area contributed by atoms with Gasteiger partial charge >= 0.3 is 0 Å². The first-order chi connectivity index (χ1) is 9.13. The average molecular weight is 256 g/mol. The molecule has 0 radical (unpaired) electrons. The number of hydrogen-bond donors (Lipinski definition) is 0. The van der Waals surface area contributed by atoms with Gasteiger partial charge in [0.1, 0.15) is 0 Å². The van der Waals surface area contributed by atoms with Gasteiger partial charge in [-0.2, -0.15) is 0 Å². The molecule has 0 aromatic heterocycles. The standard InChI is InChI=1S/C19H28/c1-18-11-5-7-16(18)15-9-8-14-6-3-4-12-19(14,2)17(15)10-13-18/h4,8,12,15-17H,3,5-7,9-11,13H2,1-2H3/t15-,16-,17-,18-,19-/m0/s1. The molecule has 4 aliphatic rings. The van der Waals surface area contributed by atoms with Crippen molar-refractivity contribution >= 4 is 0 Å². The molecule has 104 valence electrons. The van der Waals surface area contributed by atoms with E-state index in [0.29, 0.717) is 10.8 Å². The van der Waals surface area contributed by atoms with Crippen LogP contribution < -0.4 is 0 Å². The Morgan fingerprint density at radius 2 is 2.00 bits per heavy atom. The van der Waals surface area contributed by atoms with Crippen molar-refractivity contribution in [3.63, 3.8) is 0 Å². The van der Waals surface area contributed by atoms with E-state index in [1.165, 1.54) is 51.4 Å². The Hall–Kier alpha value is -0.520. The van der Waals surface area contributed by atoms with Gasteiger partial charge in [-0.15, -0.1) is 0 Å². The summed E-state index contributed by atoms with van der Waals surface area (Å²) in [6.45, 7) is 5.14. The second-order valence-electron chi connectivity index (χ2n) is 8.15. The van der Waals surface area contributed by atoms with Crippen molar-refractivity contribution in [3.05, 3.63) is 23.8 Å². The van der Waals surface area contributed by atoms with Gasteiger partial charge in [0.05, 0.1) is 0 Å². The van der Waals surface area contributed by atoms with Gasteiger partial charge in [0.2, 0.25) is 0 Å². The summed E-state index contributed by atoms with van der Waals surface area (Å²) < 4.78 is 0. The second kappa shape index (κ2) is 3.99. The van der Waals surface area contributed by atoms with Crippen molar-refractivity contribution in [3.8, 4) is 0 Å². The summed E-state index contributed by atoms with van der Waals surface area (Å²) in [7, 11) is 0. The largest absolute Gasteiger partial charge is 0.0873 e. The zero-order chi connectivity index (χ0) is 13.1. The molecule has 2 saturated carbocycles. The summed E-state index contributed by atoms with van der Waals surface area (Å²) >= 11 is 0. The third kappa shape index (κ3) is 1.58. The Morgan fingerprint density at radius 1 is 1.11 bits per heavy atom. The van der Waals surface area contributed by atoms with Crippen LogP contribution in [0.2, 0.25) is 0 Å². The van der Waals surface area contributed by atoms with Crippen LogP contribution >= 0.6 is 0 Å². The number of allylic oxidation sites excluding steroid dienone is 4. The highest BCUT2D eigenvalue weighted by Gasteiger charge is 2.54. The maximum atomic E-state index is 2.65. The van der Waals surface area contributed by atoms with E-state index in [1.54, 1.807) is 5.57 Å². The van der Waals surface area contributed by atoms with Gasteiger partial charge in [0, 0.05) is 5.41 Å². The van der Waals surface area contributed by atoms with Crippen LogP contribution in [0, 0.1) is 28.6 Å². The Balaban J connectivity index is 1.73. The SMILES string of the molecule is C[C@@]12CCC[C@H]1[C@@H]1CC=C3CCC=C[C@]3(C)[C@H]1CC2. The van der Waals surface area contributed by atoms with E-state index in [-0.39, 0.29) is 0 Å². The minimum absolute atomic E-state index is 0.422. The molecule has 0 N–H and O–H groups in total. The second-order valence-corrected chi connectivity index (χ2v) is 8.15. The van der Waals surface area contributed by atoms with E-state index < -0.39 is 0 Å². The van der Waals surface area contributed by atoms with Gasteiger partial charge in [-0.25, -0.2) is 0 Å². The van der Waals surface area contributed by atoms with Gasteiger partial charge in [0.25, 0.3) is 0 Å². The molecule has 0 unspecified atom stereocenters. The molecule has 5 atom stereocenters. The molecule has 0 nitrogen and oxygen atoms in total. The smallest absolute Gasteiger partial charge is 0.00936 e. The minimum Gasteiger partial charge on any atom is -0.0873 e. The molecule has 19 heavy (non-hydrogen) atoms. The molecule has 4 rings (SSSR count). The number of fused-ring (bicyclic) bond motifs is 5. The van der Waals surface area contributed by atoms with Gasteiger partial charge in [-0.1, -0.05) is 44.1 Å². The molecular weight excluding hydrogens is 228 g/mol. The van der Waals surface area contributed by atoms with E-state index in [1.807, 2.05) is 0 Å². The summed E-state index contributed by atoms with van der Waals surface area (Å²) in [4.78, 5) is 0. The highest BCUT2D eigenvalue weighted by Crippen LogP contribution is 2.63. The average Bonchev–Trinajstić information content (AvgIpc) is 2.79. The van der Waals surface area contributed by atoms with Crippen LogP contribution in [-0.4, -0.2) is 0 Å². The maximum Gasteiger partial charge on any atom is 0.00936 e. The third-order valence-corrected chi connectivity index (χ3v) is 7.36. The normalized spacial score (nSPS) is 52.1. The van der Waals surface area contributed by atoms with Crippen molar-refractivity contribution in [2.75, 3.05) is 0 Å². The lowest BCUT2D eigenvalue weighted by Gasteiger charge is -2.55. The van der Waals surface area contributed by atoms with Crippen LogP contribution in [0.15, 0.2) is 23.8 Å². The highest BCUT2D eigenvalue weighted by molar-refractivity contribution is 5.31. The first kappa shape index (κ1) is 12.2. The van der Waals surface area contributed by atoms with E-state index in [4.69, 9.17) is 0 Å². The van der Waals surface area contributed by atoms with Crippen LogP contribution in [0.4, 0.5) is 0 Å². The van der Waals surface area contributed by atoms with Crippen molar-refractivity contribution in [1.29, 1.82) is 0 Å². The van der Waals surface area contributed by atoms with E-state index in [2.05, 4.69) is 32.1 Å². The number of rotatable bonds is 0. The minimum atomic E-state index is 0.422. The fourth-order valence-electron chi connectivity index (χ4n) is 6.26. The van der Waals surface area contributed by atoms with Gasteiger partial charge in [-0.3, -0.25) is 0 Å². The van der Waals surface area contributed by atoms with E-state index in [0.717, 1.165) is 17.8 Å². The third-order valence-electron chi connectivity index (χ3n) is 7.36. The molecule has 4 aliphatic carbocycles. The highest BCUT2D eigenvalue weighted by atomic mass is 14.6. The summed E-state index contributed by atoms with van der Waals surface area (Å²) in [6.07, 6.45) is 19.2. The van der Waals surface area contributed by atoms with Crippen molar-refractivity contribution in [2.24, 2.45) is 28.6 Å². The Labute approximate surface area is 118 Å². The molecule has 0 amide bonds. The van der Waals surface area contributed by atoms with Gasteiger partial charge in [-0.05, 0) is 68.1 Å².